The predicted octanol–water partition coefficient (Wildman–Crippen LogP) is 4.18. The quantitative estimate of drug-likeness (QED) is 0.332. The number of nitrogens with one attached hydrogen (secondary N) is 2. The third-order valence-corrected chi connectivity index (χ3v) is 4.17. The van der Waals surface area contributed by atoms with Crippen molar-refractivity contribution in [1.29, 1.82) is 0 Å². The van der Waals surface area contributed by atoms with Crippen molar-refractivity contribution in [3.63, 3.8) is 0 Å². The van der Waals surface area contributed by atoms with E-state index >= 15 is 0 Å². The van der Waals surface area contributed by atoms with Gasteiger partial charge in [-0.3, -0.25) is 10.1 Å². The van der Waals surface area contributed by atoms with Crippen LogP contribution in [0.4, 0.5) is 16.2 Å². The number of anilines is 1. The van der Waals surface area contributed by atoms with E-state index in [1.807, 2.05) is 12.1 Å². The van der Waals surface area contributed by atoms with Crippen LogP contribution in [0.1, 0.15) is 11.1 Å². The highest BCUT2D eigenvalue weighted by Gasteiger charge is 2.23. The molecule has 1 amide bonds. The number of nitro groups is 1. The molecule has 1 heterocycles. The monoisotopic (exact) mass is 386 g/mol. The number of carbonyl (C=O) groups is 1. The molecular weight excluding hydrogens is 372 g/mol. The van der Waals surface area contributed by atoms with E-state index in [-0.39, 0.29) is 17.4 Å². The minimum Gasteiger partial charge on any atom is -0.465 e. The highest BCUT2D eigenvalue weighted by molar-refractivity contribution is 6.33. The second-order valence-corrected chi connectivity index (χ2v) is 6.09. The molecule has 3 aromatic rings. The average Bonchev–Trinajstić information content (AvgIpc) is 2.64. The van der Waals surface area contributed by atoms with E-state index in [2.05, 4.69) is 15.6 Å². The van der Waals surface area contributed by atoms with Crippen LogP contribution in [0.15, 0.2) is 48.5 Å². The Morgan fingerprint density at radius 3 is 2.56 bits per heavy atom. The first-order chi connectivity index (χ1) is 13.0. The molecule has 9 heteroatoms. The first-order valence-corrected chi connectivity index (χ1v) is 8.34. The maximum Gasteiger partial charge on any atom is 0.404 e. The first-order valence-electron chi connectivity index (χ1n) is 7.97. The number of benzene rings is 2. The Hall–Kier alpha value is -3.39. The van der Waals surface area contributed by atoms with Gasteiger partial charge in [0.05, 0.1) is 10.4 Å². The van der Waals surface area contributed by atoms with Crippen molar-refractivity contribution in [1.82, 2.24) is 10.3 Å². The fourth-order valence-corrected chi connectivity index (χ4v) is 2.99. The lowest BCUT2D eigenvalue weighted by Crippen LogP contribution is -2.20. The van der Waals surface area contributed by atoms with Crippen molar-refractivity contribution in [2.75, 3.05) is 5.32 Å². The summed E-state index contributed by atoms with van der Waals surface area (Å²) in [5, 5.41) is 26.0. The maximum atomic E-state index is 11.5. The number of rotatable bonds is 6. The summed E-state index contributed by atoms with van der Waals surface area (Å²) < 4.78 is 0. The van der Waals surface area contributed by atoms with Crippen LogP contribution in [0.25, 0.3) is 10.9 Å². The molecule has 0 atom stereocenters. The summed E-state index contributed by atoms with van der Waals surface area (Å²) >= 11 is 6.02. The number of hydrogen-bond acceptors (Lipinski definition) is 5. The summed E-state index contributed by atoms with van der Waals surface area (Å²) in [6.45, 7) is 0.472. The van der Waals surface area contributed by atoms with Crippen molar-refractivity contribution in [3.05, 3.63) is 74.9 Å². The van der Waals surface area contributed by atoms with E-state index in [0.29, 0.717) is 23.1 Å². The molecule has 0 aliphatic carbocycles. The van der Waals surface area contributed by atoms with Gasteiger partial charge < -0.3 is 15.7 Å². The zero-order valence-corrected chi connectivity index (χ0v) is 14.7. The van der Waals surface area contributed by atoms with E-state index in [1.54, 1.807) is 36.4 Å². The van der Waals surface area contributed by atoms with Gasteiger partial charge in [-0.15, -0.1) is 0 Å². The molecule has 27 heavy (non-hydrogen) atoms. The van der Waals surface area contributed by atoms with Crippen LogP contribution in [-0.4, -0.2) is 21.1 Å². The second-order valence-electron chi connectivity index (χ2n) is 5.73. The SMILES string of the molecule is O=C(O)NCc1cccc(CNc2c([N+](=O)[O-])c(Cl)nc3ccccc23)c1. The molecule has 0 saturated heterocycles. The van der Waals surface area contributed by atoms with Crippen molar-refractivity contribution >= 4 is 40.0 Å². The number of nitrogens with zero attached hydrogens (tertiary/aromatic N) is 2. The summed E-state index contributed by atoms with van der Waals surface area (Å²) in [7, 11) is 0. The number of carboxylic acid groups (broad SMARTS) is 1. The normalized spacial score (nSPS) is 10.6. The molecule has 0 radical (unpaired) electrons. The molecule has 3 rings (SSSR count). The number of aromatic nitrogens is 1. The van der Waals surface area contributed by atoms with Gasteiger partial charge in [-0.1, -0.05) is 54.1 Å². The number of hydrogen-bond donors (Lipinski definition) is 3. The third-order valence-electron chi connectivity index (χ3n) is 3.91. The Balaban J connectivity index is 1.91. The van der Waals surface area contributed by atoms with Gasteiger partial charge in [-0.25, -0.2) is 9.78 Å². The Labute approximate surface area is 158 Å². The largest absolute Gasteiger partial charge is 0.465 e. The molecule has 3 N–H and O–H groups in total. The first kappa shape index (κ1) is 18.4. The zero-order chi connectivity index (χ0) is 19.4. The lowest BCUT2D eigenvalue weighted by Gasteiger charge is -2.12. The Kier molecular flexibility index (Phi) is 5.37. The van der Waals surface area contributed by atoms with Gasteiger partial charge in [0.15, 0.2) is 0 Å². The smallest absolute Gasteiger partial charge is 0.404 e. The molecule has 0 aliphatic rings. The van der Waals surface area contributed by atoms with Gasteiger partial charge in [0.2, 0.25) is 5.15 Å². The number of pyridine rings is 1. The van der Waals surface area contributed by atoms with Crippen LogP contribution >= 0.6 is 11.6 Å². The van der Waals surface area contributed by atoms with E-state index < -0.39 is 11.0 Å². The van der Waals surface area contributed by atoms with Crippen molar-refractivity contribution in [2.45, 2.75) is 13.1 Å². The molecule has 0 spiro atoms. The lowest BCUT2D eigenvalue weighted by molar-refractivity contribution is -0.384. The summed E-state index contributed by atoms with van der Waals surface area (Å²) in [4.78, 5) is 25.6. The summed E-state index contributed by atoms with van der Waals surface area (Å²) in [6.07, 6.45) is -1.10. The van der Waals surface area contributed by atoms with Crippen LogP contribution in [0, 0.1) is 10.1 Å². The van der Waals surface area contributed by atoms with Crippen LogP contribution in [0.3, 0.4) is 0 Å². The summed E-state index contributed by atoms with van der Waals surface area (Å²) in [5.41, 5.74) is 2.19. The number of fused-ring (bicyclic) bond motifs is 1. The minimum atomic E-state index is -1.10. The van der Waals surface area contributed by atoms with E-state index in [0.717, 1.165) is 11.1 Å². The molecule has 0 unspecified atom stereocenters. The van der Waals surface area contributed by atoms with Gasteiger partial charge in [-0.2, -0.15) is 0 Å². The van der Waals surface area contributed by atoms with Crippen LogP contribution in [-0.2, 0) is 13.1 Å². The molecule has 0 aliphatic heterocycles. The van der Waals surface area contributed by atoms with E-state index in [1.165, 1.54) is 0 Å². The molecule has 8 nitrogen and oxygen atoms in total. The van der Waals surface area contributed by atoms with Crippen molar-refractivity contribution in [2.24, 2.45) is 0 Å². The van der Waals surface area contributed by atoms with Gasteiger partial charge in [0.25, 0.3) is 0 Å². The zero-order valence-electron chi connectivity index (χ0n) is 14.0. The molecule has 138 valence electrons. The average molecular weight is 387 g/mol. The molecule has 2 aromatic carbocycles. The summed E-state index contributed by atoms with van der Waals surface area (Å²) in [6, 6.07) is 14.3. The lowest BCUT2D eigenvalue weighted by atomic mass is 10.1. The third kappa shape index (κ3) is 4.24. The van der Waals surface area contributed by atoms with Gasteiger partial charge in [0.1, 0.15) is 5.69 Å². The van der Waals surface area contributed by atoms with Crippen LogP contribution < -0.4 is 10.6 Å². The predicted molar refractivity (Wildman–Crippen MR) is 102 cm³/mol. The second kappa shape index (κ2) is 7.88. The molecule has 1 aromatic heterocycles. The molecular formula is C18H15ClN4O4. The number of para-hydroxylation sites is 1. The Morgan fingerprint density at radius 2 is 1.85 bits per heavy atom. The highest BCUT2D eigenvalue weighted by Crippen LogP contribution is 2.37. The van der Waals surface area contributed by atoms with Gasteiger partial charge >= 0.3 is 11.8 Å². The molecule has 0 fully saturated rings. The number of amides is 1. The highest BCUT2D eigenvalue weighted by atomic mass is 35.5. The van der Waals surface area contributed by atoms with Crippen LogP contribution in [0.2, 0.25) is 5.15 Å². The Morgan fingerprint density at radius 1 is 1.15 bits per heavy atom. The summed E-state index contributed by atoms with van der Waals surface area (Å²) in [5.74, 6) is 0. The Bertz CT molecular complexity index is 1030. The maximum absolute atomic E-state index is 11.5. The molecule has 0 saturated carbocycles. The molecule has 0 bridgehead atoms. The van der Waals surface area contributed by atoms with E-state index in [9.17, 15) is 14.9 Å². The van der Waals surface area contributed by atoms with Gasteiger partial charge in [-0.05, 0) is 17.2 Å². The standard InChI is InChI=1S/C18H15ClN4O4/c19-17-16(23(26)27)15(13-6-1-2-7-14(13)22-17)20-9-11-4-3-5-12(8-11)10-21-18(24)25/h1-8,21H,9-10H2,(H,20,22)(H,24,25). The fourth-order valence-electron chi connectivity index (χ4n) is 2.74. The fraction of sp³-hybridized carbons (Fsp3) is 0.111. The van der Waals surface area contributed by atoms with Crippen LogP contribution in [0.5, 0.6) is 0 Å². The van der Waals surface area contributed by atoms with Crippen molar-refractivity contribution in [3.8, 4) is 0 Å². The van der Waals surface area contributed by atoms with Gasteiger partial charge in [0, 0.05) is 18.5 Å². The minimum absolute atomic E-state index is 0.174. The topological polar surface area (TPSA) is 117 Å². The van der Waals surface area contributed by atoms with Crippen molar-refractivity contribution < 1.29 is 14.8 Å². The van der Waals surface area contributed by atoms with E-state index in [4.69, 9.17) is 16.7 Å². The number of halogens is 1.